The molecule has 0 aliphatic rings. The van der Waals surface area contributed by atoms with Gasteiger partial charge in [0.25, 0.3) is 5.91 Å². The monoisotopic (exact) mass is 351 g/mol. The van der Waals surface area contributed by atoms with E-state index in [0.29, 0.717) is 6.54 Å². The predicted octanol–water partition coefficient (Wildman–Crippen LogP) is 4.33. The summed E-state index contributed by atoms with van der Waals surface area (Å²) in [5, 5.41) is 6.84. The fourth-order valence-corrected chi connectivity index (χ4v) is 2.80. The predicted molar refractivity (Wildman–Crippen MR) is 94.1 cm³/mol. The molecule has 1 unspecified atom stereocenters. The van der Waals surface area contributed by atoms with Gasteiger partial charge in [-0.1, -0.05) is 56.6 Å². The summed E-state index contributed by atoms with van der Waals surface area (Å²) in [4.78, 5) is 12.3. The molecule has 130 valence electrons. The fraction of sp³-hybridized carbons (Fsp3) is 0.444. The third-order valence-electron chi connectivity index (χ3n) is 3.88. The van der Waals surface area contributed by atoms with Crippen molar-refractivity contribution in [2.75, 3.05) is 0 Å². The molecule has 0 aliphatic heterocycles. The van der Waals surface area contributed by atoms with Crippen LogP contribution in [0.1, 0.15) is 61.2 Å². The molecule has 0 saturated heterocycles. The van der Waals surface area contributed by atoms with Gasteiger partial charge in [-0.15, -0.1) is 0 Å². The first-order valence-corrected chi connectivity index (χ1v) is 8.23. The van der Waals surface area contributed by atoms with Crippen molar-refractivity contribution >= 4 is 17.5 Å². The number of amides is 1. The Hall–Kier alpha value is -1.88. The molecule has 1 amide bonds. The van der Waals surface area contributed by atoms with Crippen molar-refractivity contribution in [3.05, 3.63) is 51.8 Å². The molecule has 1 N–H and O–H groups in total. The van der Waals surface area contributed by atoms with E-state index < -0.39 is 6.17 Å². The minimum atomic E-state index is -1.32. The maximum absolute atomic E-state index is 13.4. The Morgan fingerprint density at radius 2 is 1.92 bits per heavy atom. The summed E-state index contributed by atoms with van der Waals surface area (Å²) in [5.41, 5.74) is 2.55. The van der Waals surface area contributed by atoms with Crippen LogP contribution in [0.4, 0.5) is 4.39 Å². The molecule has 0 spiro atoms. The maximum atomic E-state index is 13.4. The number of nitrogens with zero attached hydrogens (tertiary/aromatic N) is 2. The van der Waals surface area contributed by atoms with Crippen molar-refractivity contribution in [2.24, 2.45) is 7.05 Å². The largest absolute Gasteiger partial charge is 0.347 e. The summed E-state index contributed by atoms with van der Waals surface area (Å²) in [6.07, 6.45) is -1.32. The van der Waals surface area contributed by atoms with Crippen LogP contribution < -0.4 is 5.32 Å². The number of hydrogen-bond donors (Lipinski definition) is 1. The van der Waals surface area contributed by atoms with E-state index in [-0.39, 0.29) is 27.7 Å². The molecule has 4 nitrogen and oxygen atoms in total. The van der Waals surface area contributed by atoms with E-state index in [1.165, 1.54) is 17.2 Å². The molecule has 2 aromatic rings. The lowest BCUT2D eigenvalue weighted by molar-refractivity contribution is 0.0941. The van der Waals surface area contributed by atoms with E-state index in [1.54, 1.807) is 7.05 Å². The number of aromatic nitrogens is 2. The number of benzene rings is 1. The van der Waals surface area contributed by atoms with E-state index in [2.05, 4.69) is 43.3 Å². The number of carbonyl (C=O) groups excluding carboxylic acids is 1. The van der Waals surface area contributed by atoms with E-state index in [1.807, 2.05) is 12.1 Å². The SMILES string of the molecule is CC(F)c1nn(C)c(C(=O)NCc2ccc(C(C)(C)C)cc2)c1Cl. The fourth-order valence-electron chi connectivity index (χ4n) is 2.41. The third kappa shape index (κ3) is 3.96. The zero-order valence-corrected chi connectivity index (χ0v) is 15.4. The second-order valence-corrected chi connectivity index (χ2v) is 7.30. The molecule has 0 fully saturated rings. The van der Waals surface area contributed by atoms with Gasteiger partial charge in [0.1, 0.15) is 17.6 Å². The van der Waals surface area contributed by atoms with Gasteiger partial charge >= 0.3 is 0 Å². The molecule has 1 atom stereocenters. The van der Waals surface area contributed by atoms with Crippen LogP contribution >= 0.6 is 11.6 Å². The normalized spacial score (nSPS) is 13.0. The molecular formula is C18H23ClFN3O. The molecular weight excluding hydrogens is 329 g/mol. The molecule has 1 heterocycles. The van der Waals surface area contributed by atoms with E-state index >= 15 is 0 Å². The Morgan fingerprint density at radius 3 is 2.38 bits per heavy atom. The Kier molecular flexibility index (Phi) is 5.33. The Labute approximate surface area is 147 Å². The second kappa shape index (κ2) is 6.93. The minimum Gasteiger partial charge on any atom is -0.347 e. The molecule has 6 heteroatoms. The molecule has 1 aromatic carbocycles. The second-order valence-electron chi connectivity index (χ2n) is 6.92. The minimum absolute atomic E-state index is 0.0630. The van der Waals surface area contributed by atoms with Gasteiger partial charge in [0.05, 0.1) is 5.02 Å². The Balaban J connectivity index is 2.09. The summed E-state index contributed by atoms with van der Waals surface area (Å²) in [5.74, 6) is -0.373. The zero-order chi connectivity index (χ0) is 18.1. The van der Waals surface area contributed by atoms with Crippen molar-refractivity contribution in [3.63, 3.8) is 0 Å². The first kappa shape index (κ1) is 18.5. The number of hydrogen-bond acceptors (Lipinski definition) is 2. The van der Waals surface area contributed by atoms with Gasteiger partial charge in [-0.25, -0.2) is 4.39 Å². The van der Waals surface area contributed by atoms with Crippen LogP contribution in [0.2, 0.25) is 5.02 Å². The molecule has 0 radical (unpaired) electrons. The van der Waals surface area contributed by atoms with E-state index in [4.69, 9.17) is 11.6 Å². The Morgan fingerprint density at radius 1 is 1.33 bits per heavy atom. The first-order chi connectivity index (χ1) is 11.1. The summed E-state index contributed by atoms with van der Waals surface area (Å²) >= 11 is 6.09. The van der Waals surface area contributed by atoms with Crippen LogP contribution in [0.15, 0.2) is 24.3 Å². The van der Waals surface area contributed by atoms with Crippen LogP contribution in [0.5, 0.6) is 0 Å². The van der Waals surface area contributed by atoms with Crippen LogP contribution in [0.3, 0.4) is 0 Å². The molecule has 0 bridgehead atoms. The van der Waals surface area contributed by atoms with Crippen molar-refractivity contribution in [1.82, 2.24) is 15.1 Å². The topological polar surface area (TPSA) is 46.9 Å². The summed E-state index contributed by atoms with van der Waals surface area (Å²) in [7, 11) is 1.57. The highest BCUT2D eigenvalue weighted by atomic mass is 35.5. The lowest BCUT2D eigenvalue weighted by atomic mass is 9.87. The molecule has 0 saturated carbocycles. The molecule has 1 aromatic heterocycles. The molecule has 24 heavy (non-hydrogen) atoms. The third-order valence-corrected chi connectivity index (χ3v) is 4.25. The van der Waals surface area contributed by atoms with Crippen molar-refractivity contribution in [3.8, 4) is 0 Å². The van der Waals surface area contributed by atoms with E-state index in [9.17, 15) is 9.18 Å². The van der Waals surface area contributed by atoms with Gasteiger partial charge in [0, 0.05) is 13.6 Å². The Bertz CT molecular complexity index is 730. The van der Waals surface area contributed by atoms with Gasteiger partial charge < -0.3 is 5.32 Å². The zero-order valence-electron chi connectivity index (χ0n) is 14.7. The lowest BCUT2D eigenvalue weighted by Crippen LogP contribution is -2.25. The number of carbonyl (C=O) groups is 1. The highest BCUT2D eigenvalue weighted by Gasteiger charge is 2.23. The quantitative estimate of drug-likeness (QED) is 0.891. The average Bonchev–Trinajstić information content (AvgIpc) is 2.79. The van der Waals surface area contributed by atoms with Crippen LogP contribution in [-0.4, -0.2) is 15.7 Å². The summed E-state index contributed by atoms with van der Waals surface area (Å²) in [6.45, 7) is 8.16. The summed E-state index contributed by atoms with van der Waals surface area (Å²) < 4.78 is 14.8. The molecule has 2 rings (SSSR count). The van der Waals surface area contributed by atoms with Gasteiger partial charge in [0.2, 0.25) is 0 Å². The van der Waals surface area contributed by atoms with Gasteiger partial charge in [-0.05, 0) is 23.5 Å². The van der Waals surface area contributed by atoms with Crippen molar-refractivity contribution < 1.29 is 9.18 Å². The van der Waals surface area contributed by atoms with Gasteiger partial charge in [0.15, 0.2) is 0 Å². The number of nitrogens with one attached hydrogen (secondary N) is 1. The number of halogens is 2. The lowest BCUT2D eigenvalue weighted by Gasteiger charge is -2.19. The van der Waals surface area contributed by atoms with E-state index in [0.717, 1.165) is 5.56 Å². The maximum Gasteiger partial charge on any atom is 0.271 e. The molecule has 0 aliphatic carbocycles. The smallest absolute Gasteiger partial charge is 0.271 e. The van der Waals surface area contributed by atoms with Crippen molar-refractivity contribution in [1.29, 1.82) is 0 Å². The first-order valence-electron chi connectivity index (χ1n) is 7.85. The highest BCUT2D eigenvalue weighted by Crippen LogP contribution is 2.27. The van der Waals surface area contributed by atoms with Crippen LogP contribution in [0.25, 0.3) is 0 Å². The van der Waals surface area contributed by atoms with Crippen LogP contribution in [0, 0.1) is 0 Å². The average molecular weight is 352 g/mol. The summed E-state index contributed by atoms with van der Waals surface area (Å²) in [6, 6.07) is 8.09. The van der Waals surface area contributed by atoms with Gasteiger partial charge in [-0.2, -0.15) is 5.10 Å². The standard InChI is InChI=1S/C18H23ClFN3O/c1-11(20)15-14(19)16(23(5)22-15)17(24)21-10-12-6-8-13(9-7-12)18(2,3)4/h6-9,11H,10H2,1-5H3,(H,21,24). The number of rotatable bonds is 4. The van der Waals surface area contributed by atoms with Gasteiger partial charge in [-0.3, -0.25) is 9.48 Å². The number of aryl methyl sites for hydroxylation is 1. The van der Waals surface area contributed by atoms with Crippen molar-refractivity contribution in [2.45, 2.75) is 45.8 Å². The van der Waals surface area contributed by atoms with Crippen LogP contribution in [-0.2, 0) is 19.0 Å². The highest BCUT2D eigenvalue weighted by molar-refractivity contribution is 6.34. The number of alkyl halides is 1.